The molecule has 0 aliphatic heterocycles. The molecule has 0 radical (unpaired) electrons. The van der Waals surface area contributed by atoms with Crippen molar-refractivity contribution in [2.45, 2.75) is 167 Å². The SMILES string of the molecule is CC/C=C\C/C=C\C/C=C\C/C=C\C[C@@H](O)[C@H](O)CCCC(=O)O[C@H](COC(=O)CCCCCCCCCCC(C)CC)COP(=O)(O)OC[C@@H](O)COP(=O)(O)O. The first-order chi connectivity index (χ1) is 27.6. The minimum Gasteiger partial charge on any atom is -0.462 e. The summed E-state index contributed by atoms with van der Waals surface area (Å²) < 4.78 is 47.5. The molecular formula is C41H74O15P2. The molecule has 0 aromatic heterocycles. The highest BCUT2D eigenvalue weighted by Gasteiger charge is 2.28. The Labute approximate surface area is 346 Å². The maximum Gasteiger partial charge on any atom is 0.472 e. The zero-order valence-electron chi connectivity index (χ0n) is 35.0. The number of ether oxygens (including phenoxy) is 2. The first-order valence-electron chi connectivity index (χ1n) is 20.9. The number of hydrogen-bond donors (Lipinski definition) is 6. The van der Waals surface area contributed by atoms with Gasteiger partial charge in [0.25, 0.3) is 0 Å². The quantitative estimate of drug-likeness (QED) is 0.0149. The first kappa shape index (κ1) is 56.0. The van der Waals surface area contributed by atoms with Crippen molar-refractivity contribution in [3.05, 3.63) is 48.6 Å². The van der Waals surface area contributed by atoms with E-state index in [-0.39, 0.29) is 32.1 Å². The minimum atomic E-state index is -4.90. The number of carbonyl (C=O) groups excluding carboxylic acids is 2. The second kappa shape index (κ2) is 35.7. The Morgan fingerprint density at radius 1 is 0.586 bits per heavy atom. The number of unbranched alkanes of at least 4 members (excludes halogenated alkanes) is 7. The van der Waals surface area contributed by atoms with E-state index in [0.717, 1.165) is 50.9 Å². The van der Waals surface area contributed by atoms with Gasteiger partial charge < -0.3 is 39.5 Å². The summed E-state index contributed by atoms with van der Waals surface area (Å²) in [5, 5.41) is 30.4. The number of phosphoric acid groups is 2. The number of carbonyl (C=O) groups is 2. The molecule has 15 nitrogen and oxygen atoms in total. The van der Waals surface area contributed by atoms with Crippen LogP contribution in [0.25, 0.3) is 0 Å². The molecule has 0 saturated carbocycles. The molecule has 0 rings (SSSR count). The molecule has 17 heteroatoms. The van der Waals surface area contributed by atoms with Gasteiger partial charge in [0.05, 0.1) is 32.0 Å². The van der Waals surface area contributed by atoms with Gasteiger partial charge in [-0.25, -0.2) is 9.13 Å². The maximum absolute atomic E-state index is 12.7. The molecule has 0 amide bonds. The van der Waals surface area contributed by atoms with Crippen molar-refractivity contribution in [2.75, 3.05) is 26.4 Å². The molecule has 338 valence electrons. The van der Waals surface area contributed by atoms with Crippen LogP contribution in [-0.2, 0) is 41.8 Å². The highest BCUT2D eigenvalue weighted by atomic mass is 31.2. The van der Waals surface area contributed by atoms with Gasteiger partial charge in [-0.2, -0.15) is 0 Å². The molecule has 0 aliphatic carbocycles. The van der Waals surface area contributed by atoms with Crippen LogP contribution >= 0.6 is 15.6 Å². The van der Waals surface area contributed by atoms with Gasteiger partial charge in [-0.1, -0.05) is 127 Å². The van der Waals surface area contributed by atoms with Gasteiger partial charge in [-0.15, -0.1) is 0 Å². The fourth-order valence-electron chi connectivity index (χ4n) is 5.29. The third kappa shape index (κ3) is 37.0. The molecule has 6 N–H and O–H groups in total. The number of aliphatic hydroxyl groups is 3. The van der Waals surface area contributed by atoms with E-state index in [0.29, 0.717) is 12.8 Å². The third-order valence-electron chi connectivity index (χ3n) is 8.96. The van der Waals surface area contributed by atoms with Crippen molar-refractivity contribution in [1.29, 1.82) is 0 Å². The number of aliphatic hydroxyl groups excluding tert-OH is 3. The Hall–Kier alpha value is -2.00. The molecule has 0 saturated heterocycles. The van der Waals surface area contributed by atoms with Crippen molar-refractivity contribution >= 4 is 27.6 Å². The third-order valence-corrected chi connectivity index (χ3v) is 10.4. The molecule has 0 bridgehead atoms. The van der Waals surface area contributed by atoms with Crippen LogP contribution in [0, 0.1) is 5.92 Å². The summed E-state index contributed by atoms with van der Waals surface area (Å²) in [7, 11) is -9.78. The topological polar surface area (TPSA) is 236 Å². The van der Waals surface area contributed by atoms with Crippen LogP contribution in [-0.4, -0.2) is 92.8 Å². The fraction of sp³-hybridized carbons (Fsp3) is 0.756. The number of allylic oxidation sites excluding steroid dienone is 7. The van der Waals surface area contributed by atoms with Crippen molar-refractivity contribution in [3.8, 4) is 0 Å². The van der Waals surface area contributed by atoms with E-state index < -0.39 is 78.4 Å². The lowest BCUT2D eigenvalue weighted by atomic mass is 9.99. The summed E-state index contributed by atoms with van der Waals surface area (Å²) in [5.41, 5.74) is 0. The average molecular weight is 869 g/mol. The van der Waals surface area contributed by atoms with E-state index in [1.165, 1.54) is 32.1 Å². The molecule has 0 heterocycles. The highest BCUT2D eigenvalue weighted by molar-refractivity contribution is 7.47. The van der Waals surface area contributed by atoms with Crippen LogP contribution in [0.5, 0.6) is 0 Å². The standard InChI is InChI=1S/C41H74O15P2/c1-4-6-7-8-9-10-11-12-13-17-20-23-27-38(43)39(44)28-25-30-41(46)56-37(34-55-58(50,51)54-32-36(42)31-53-57(47,48)49)33-52-40(45)29-24-21-18-15-14-16-19-22-26-35(3)5-2/h6-7,9-10,12-13,20,23,35-39,42-44H,4-5,8,11,14-19,21-22,24-34H2,1-3H3,(H,50,51)(H2,47,48,49)/b7-6-,10-9-,13-12-,23-20-/t35?,36-,37+,38+,39+/m0/s1. The maximum atomic E-state index is 12.7. The second-order valence-corrected chi connectivity index (χ2v) is 17.1. The smallest absolute Gasteiger partial charge is 0.462 e. The summed E-state index contributed by atoms with van der Waals surface area (Å²) in [6.07, 6.45) is 25.8. The minimum absolute atomic E-state index is 0.0892. The van der Waals surface area contributed by atoms with E-state index in [2.05, 4.69) is 60.2 Å². The number of hydrogen-bond acceptors (Lipinski definition) is 12. The zero-order chi connectivity index (χ0) is 43.5. The van der Waals surface area contributed by atoms with Gasteiger partial charge in [-0.3, -0.25) is 23.2 Å². The second-order valence-electron chi connectivity index (χ2n) is 14.4. The number of esters is 2. The van der Waals surface area contributed by atoms with Crippen molar-refractivity contribution in [2.24, 2.45) is 5.92 Å². The van der Waals surface area contributed by atoms with Crippen LogP contribution in [0.15, 0.2) is 48.6 Å². The average Bonchev–Trinajstić information content (AvgIpc) is 3.17. The Kier molecular flexibility index (Phi) is 34.5. The summed E-state index contributed by atoms with van der Waals surface area (Å²) in [6.45, 7) is 3.58. The van der Waals surface area contributed by atoms with Crippen LogP contribution in [0.2, 0.25) is 0 Å². The molecule has 0 aromatic rings. The Balaban J connectivity index is 4.81. The van der Waals surface area contributed by atoms with Gasteiger partial charge in [0.2, 0.25) is 0 Å². The van der Waals surface area contributed by atoms with Crippen LogP contribution in [0.3, 0.4) is 0 Å². The zero-order valence-corrected chi connectivity index (χ0v) is 36.8. The summed E-state index contributed by atoms with van der Waals surface area (Å²) in [6, 6.07) is 0. The molecule has 0 aliphatic rings. The Bertz CT molecular complexity index is 1270. The van der Waals surface area contributed by atoms with Crippen molar-refractivity contribution in [3.63, 3.8) is 0 Å². The molecule has 0 spiro atoms. The van der Waals surface area contributed by atoms with Gasteiger partial charge in [0, 0.05) is 12.8 Å². The highest BCUT2D eigenvalue weighted by Crippen LogP contribution is 2.43. The lowest BCUT2D eigenvalue weighted by Gasteiger charge is -2.21. The molecule has 58 heavy (non-hydrogen) atoms. The van der Waals surface area contributed by atoms with E-state index in [4.69, 9.17) is 23.8 Å². The summed E-state index contributed by atoms with van der Waals surface area (Å²) >= 11 is 0. The number of rotatable bonds is 38. The van der Waals surface area contributed by atoms with Crippen molar-refractivity contribution in [1.82, 2.24) is 0 Å². The lowest BCUT2D eigenvalue weighted by Crippen LogP contribution is -2.30. The molecular weight excluding hydrogens is 794 g/mol. The van der Waals surface area contributed by atoms with Crippen LogP contribution in [0.1, 0.15) is 143 Å². The predicted molar refractivity (Wildman–Crippen MR) is 223 cm³/mol. The van der Waals surface area contributed by atoms with Gasteiger partial charge in [-0.05, 0) is 57.3 Å². The summed E-state index contributed by atoms with van der Waals surface area (Å²) in [5.74, 6) is -0.548. The predicted octanol–water partition coefficient (Wildman–Crippen LogP) is 8.08. The van der Waals surface area contributed by atoms with E-state index in [1.807, 2.05) is 12.2 Å². The van der Waals surface area contributed by atoms with E-state index in [1.54, 1.807) is 6.08 Å². The van der Waals surface area contributed by atoms with E-state index >= 15 is 0 Å². The number of phosphoric ester groups is 2. The largest absolute Gasteiger partial charge is 0.472 e. The monoisotopic (exact) mass is 868 g/mol. The Morgan fingerprint density at radius 3 is 1.69 bits per heavy atom. The molecule has 0 fully saturated rings. The van der Waals surface area contributed by atoms with Crippen molar-refractivity contribution < 1.29 is 71.8 Å². The Morgan fingerprint density at radius 2 is 1.10 bits per heavy atom. The van der Waals surface area contributed by atoms with Crippen LogP contribution in [0.4, 0.5) is 0 Å². The van der Waals surface area contributed by atoms with Gasteiger partial charge >= 0.3 is 27.6 Å². The fourth-order valence-corrected chi connectivity index (χ4v) is 6.45. The van der Waals surface area contributed by atoms with E-state index in [9.17, 15) is 38.9 Å². The first-order valence-corrected chi connectivity index (χ1v) is 23.9. The van der Waals surface area contributed by atoms with Crippen LogP contribution < -0.4 is 0 Å². The normalized spacial score (nSPS) is 16.2. The van der Waals surface area contributed by atoms with Gasteiger partial charge in [0.1, 0.15) is 12.7 Å². The molecule has 2 unspecified atom stereocenters. The lowest BCUT2D eigenvalue weighted by molar-refractivity contribution is -0.161. The van der Waals surface area contributed by atoms with Gasteiger partial charge in [0.15, 0.2) is 6.10 Å². The molecule has 6 atom stereocenters. The molecule has 0 aromatic carbocycles. The summed E-state index contributed by atoms with van der Waals surface area (Å²) in [4.78, 5) is 52.6.